The Labute approximate surface area is 120 Å². The molecule has 0 saturated carbocycles. The maximum Gasteiger partial charge on any atom is 0.0668 e. The average molecular weight is 283 g/mol. The highest BCUT2D eigenvalue weighted by Crippen LogP contribution is 2.28. The molecule has 0 aliphatic carbocycles. The largest absolute Gasteiger partial charge is 0.377 e. The molecule has 2 atom stereocenters. The van der Waals surface area contributed by atoms with E-state index in [1.54, 1.807) is 0 Å². The number of morpholine rings is 1. The molecule has 1 aliphatic heterocycles. The molecule has 0 bridgehead atoms. The van der Waals surface area contributed by atoms with E-state index in [0.29, 0.717) is 6.04 Å². The fourth-order valence-corrected chi connectivity index (χ4v) is 2.70. The second-order valence-corrected chi connectivity index (χ2v) is 5.70. The molecule has 0 amide bonds. The number of anilines is 1. The van der Waals surface area contributed by atoms with Crippen molar-refractivity contribution in [1.29, 1.82) is 0 Å². The Morgan fingerprint density at radius 3 is 3.00 bits per heavy atom. The van der Waals surface area contributed by atoms with Crippen LogP contribution in [0.25, 0.3) is 0 Å². The molecule has 3 nitrogen and oxygen atoms in total. The minimum absolute atomic E-state index is 0.188. The maximum atomic E-state index is 6.13. The number of nitrogens with two attached hydrogens (primary N) is 1. The Hall–Kier alpha value is -0.770. The standard InChI is InChI=1S/C15H23ClN2O/c1-3-14(17)9-12-8-13(16)4-5-15(12)18-6-7-19-10-11(18)2/h4-5,8,11,14H,3,6-7,9-10,17H2,1-2H3. The minimum atomic E-state index is 0.188. The molecule has 1 heterocycles. The van der Waals surface area contributed by atoms with Gasteiger partial charge in [0.05, 0.1) is 13.2 Å². The summed E-state index contributed by atoms with van der Waals surface area (Å²) in [5.74, 6) is 0. The lowest BCUT2D eigenvalue weighted by atomic mass is 10.0. The van der Waals surface area contributed by atoms with Gasteiger partial charge >= 0.3 is 0 Å². The average Bonchev–Trinajstić information content (AvgIpc) is 2.40. The summed E-state index contributed by atoms with van der Waals surface area (Å²) in [5, 5.41) is 0.781. The molecule has 0 spiro atoms. The van der Waals surface area contributed by atoms with E-state index >= 15 is 0 Å². The molecular weight excluding hydrogens is 260 g/mol. The molecule has 2 unspecified atom stereocenters. The summed E-state index contributed by atoms with van der Waals surface area (Å²) < 4.78 is 5.51. The van der Waals surface area contributed by atoms with Crippen LogP contribution in [0.2, 0.25) is 5.02 Å². The second kappa shape index (κ2) is 6.60. The normalized spacial score (nSPS) is 21.5. The Kier molecular flexibility index (Phi) is 5.08. The van der Waals surface area contributed by atoms with Gasteiger partial charge < -0.3 is 15.4 Å². The van der Waals surface area contributed by atoms with Crippen molar-refractivity contribution in [2.24, 2.45) is 5.73 Å². The van der Waals surface area contributed by atoms with Crippen LogP contribution in [-0.4, -0.2) is 31.8 Å². The highest BCUT2D eigenvalue weighted by molar-refractivity contribution is 6.30. The monoisotopic (exact) mass is 282 g/mol. The summed E-state index contributed by atoms with van der Waals surface area (Å²) in [4.78, 5) is 2.40. The summed E-state index contributed by atoms with van der Waals surface area (Å²) in [5.41, 5.74) is 8.60. The van der Waals surface area contributed by atoms with Crippen LogP contribution in [0.1, 0.15) is 25.8 Å². The third kappa shape index (κ3) is 3.62. The van der Waals surface area contributed by atoms with Gasteiger partial charge in [0, 0.05) is 29.3 Å². The van der Waals surface area contributed by atoms with Crippen LogP contribution in [0.15, 0.2) is 18.2 Å². The van der Waals surface area contributed by atoms with Gasteiger partial charge in [-0.05, 0) is 43.5 Å². The number of halogens is 1. The molecule has 106 valence electrons. The van der Waals surface area contributed by atoms with Crippen LogP contribution in [0, 0.1) is 0 Å². The lowest BCUT2D eigenvalue weighted by Gasteiger charge is -2.36. The fourth-order valence-electron chi connectivity index (χ4n) is 2.51. The molecule has 1 aromatic rings. The Morgan fingerprint density at radius 2 is 2.32 bits per heavy atom. The number of rotatable bonds is 4. The highest BCUT2D eigenvalue weighted by atomic mass is 35.5. The summed E-state index contributed by atoms with van der Waals surface area (Å²) in [6, 6.07) is 6.70. The zero-order valence-corrected chi connectivity index (χ0v) is 12.5. The number of hydrogen-bond donors (Lipinski definition) is 1. The zero-order valence-electron chi connectivity index (χ0n) is 11.7. The van der Waals surface area contributed by atoms with Crippen LogP contribution >= 0.6 is 11.6 Å². The second-order valence-electron chi connectivity index (χ2n) is 5.26. The third-order valence-electron chi connectivity index (χ3n) is 3.73. The van der Waals surface area contributed by atoms with Gasteiger partial charge in [0.15, 0.2) is 0 Å². The van der Waals surface area contributed by atoms with Crippen molar-refractivity contribution in [1.82, 2.24) is 0 Å². The Morgan fingerprint density at radius 1 is 1.53 bits per heavy atom. The van der Waals surface area contributed by atoms with Gasteiger partial charge in [0.25, 0.3) is 0 Å². The van der Waals surface area contributed by atoms with E-state index in [9.17, 15) is 0 Å². The van der Waals surface area contributed by atoms with Crippen molar-refractivity contribution < 1.29 is 4.74 Å². The minimum Gasteiger partial charge on any atom is -0.377 e. The fraction of sp³-hybridized carbons (Fsp3) is 0.600. The van der Waals surface area contributed by atoms with E-state index < -0.39 is 0 Å². The first-order valence-electron chi connectivity index (χ1n) is 7.00. The van der Waals surface area contributed by atoms with Crippen molar-refractivity contribution in [3.63, 3.8) is 0 Å². The lowest BCUT2D eigenvalue weighted by molar-refractivity contribution is 0.0988. The van der Waals surface area contributed by atoms with Gasteiger partial charge in [-0.25, -0.2) is 0 Å². The van der Waals surface area contributed by atoms with Crippen LogP contribution in [0.4, 0.5) is 5.69 Å². The quantitative estimate of drug-likeness (QED) is 0.923. The molecule has 2 rings (SSSR count). The van der Waals surface area contributed by atoms with Gasteiger partial charge in [0.2, 0.25) is 0 Å². The van der Waals surface area contributed by atoms with Gasteiger partial charge in [-0.3, -0.25) is 0 Å². The molecule has 4 heteroatoms. The van der Waals surface area contributed by atoms with Crippen molar-refractivity contribution in [3.8, 4) is 0 Å². The SMILES string of the molecule is CCC(N)Cc1cc(Cl)ccc1N1CCOCC1C. The summed E-state index contributed by atoms with van der Waals surface area (Å²) in [6.07, 6.45) is 1.85. The van der Waals surface area contributed by atoms with Crippen LogP contribution in [-0.2, 0) is 11.2 Å². The van der Waals surface area contributed by atoms with Crippen molar-refractivity contribution in [2.45, 2.75) is 38.8 Å². The molecular formula is C15H23ClN2O. The van der Waals surface area contributed by atoms with Crippen LogP contribution in [0.3, 0.4) is 0 Å². The first-order valence-corrected chi connectivity index (χ1v) is 7.38. The first-order chi connectivity index (χ1) is 9.11. The van der Waals surface area contributed by atoms with Crippen molar-refractivity contribution >= 4 is 17.3 Å². The van der Waals surface area contributed by atoms with Gasteiger partial charge in [-0.15, -0.1) is 0 Å². The number of benzene rings is 1. The lowest BCUT2D eigenvalue weighted by Crippen LogP contribution is -2.44. The third-order valence-corrected chi connectivity index (χ3v) is 3.96. The molecule has 0 aromatic heterocycles. The van der Waals surface area contributed by atoms with Crippen LogP contribution < -0.4 is 10.6 Å². The van der Waals surface area contributed by atoms with E-state index in [1.807, 2.05) is 6.07 Å². The van der Waals surface area contributed by atoms with Crippen LogP contribution in [0.5, 0.6) is 0 Å². The van der Waals surface area contributed by atoms with E-state index in [4.69, 9.17) is 22.1 Å². The predicted molar refractivity (Wildman–Crippen MR) is 81.0 cm³/mol. The van der Waals surface area contributed by atoms with E-state index in [2.05, 4.69) is 30.9 Å². The van der Waals surface area contributed by atoms with E-state index in [-0.39, 0.29) is 6.04 Å². The number of ether oxygens (including phenoxy) is 1. The van der Waals surface area contributed by atoms with E-state index in [0.717, 1.165) is 37.6 Å². The molecule has 19 heavy (non-hydrogen) atoms. The topological polar surface area (TPSA) is 38.5 Å². The molecule has 1 fully saturated rings. The summed E-state index contributed by atoms with van der Waals surface area (Å²) in [7, 11) is 0. The summed E-state index contributed by atoms with van der Waals surface area (Å²) >= 11 is 6.13. The predicted octanol–water partition coefficient (Wildman–Crippen LogP) is 2.84. The van der Waals surface area contributed by atoms with Gasteiger partial charge in [-0.1, -0.05) is 18.5 Å². The number of nitrogens with zero attached hydrogens (tertiary/aromatic N) is 1. The molecule has 1 aliphatic rings. The van der Waals surface area contributed by atoms with E-state index in [1.165, 1.54) is 11.3 Å². The smallest absolute Gasteiger partial charge is 0.0668 e. The zero-order chi connectivity index (χ0) is 13.8. The Balaban J connectivity index is 2.27. The summed E-state index contributed by atoms with van der Waals surface area (Å²) in [6.45, 7) is 6.80. The van der Waals surface area contributed by atoms with Gasteiger partial charge in [-0.2, -0.15) is 0 Å². The first kappa shape index (κ1) is 14.6. The number of hydrogen-bond acceptors (Lipinski definition) is 3. The molecule has 0 radical (unpaired) electrons. The highest BCUT2D eigenvalue weighted by Gasteiger charge is 2.21. The maximum absolute atomic E-state index is 6.13. The van der Waals surface area contributed by atoms with Gasteiger partial charge in [0.1, 0.15) is 0 Å². The van der Waals surface area contributed by atoms with Crippen molar-refractivity contribution in [2.75, 3.05) is 24.7 Å². The molecule has 1 aromatic carbocycles. The Bertz CT molecular complexity index is 425. The molecule has 2 N–H and O–H groups in total. The molecule has 1 saturated heterocycles. The van der Waals surface area contributed by atoms with Crippen molar-refractivity contribution in [3.05, 3.63) is 28.8 Å².